The van der Waals surface area contributed by atoms with Gasteiger partial charge < -0.3 is 45.1 Å². The van der Waals surface area contributed by atoms with Crippen LogP contribution >= 0.6 is 0 Å². The molecule has 260 valence electrons. The summed E-state index contributed by atoms with van der Waals surface area (Å²) >= 11 is 0. The topological polar surface area (TPSA) is 216 Å². The number of nitrogens with one attached hydrogen (secondary N) is 3. The minimum Gasteiger partial charge on any atom is -0.481 e. The van der Waals surface area contributed by atoms with Crippen molar-refractivity contribution in [1.82, 2.24) is 16.0 Å². The number of rotatable bonds is 25. The van der Waals surface area contributed by atoms with E-state index in [1.54, 1.807) is 0 Å². The number of carbonyl (C=O) groups excluding carboxylic acids is 4. The minimum atomic E-state index is -1.32. The highest BCUT2D eigenvalue weighted by Crippen LogP contribution is 2.34. The van der Waals surface area contributed by atoms with Crippen LogP contribution in [0.15, 0.2) is 0 Å². The van der Waals surface area contributed by atoms with Gasteiger partial charge in [-0.2, -0.15) is 0 Å². The number of carboxylic acid groups (broad SMARTS) is 2. The van der Waals surface area contributed by atoms with Crippen LogP contribution < -0.4 is 16.0 Å². The van der Waals surface area contributed by atoms with Crippen molar-refractivity contribution in [2.24, 2.45) is 16.2 Å². The van der Waals surface area contributed by atoms with Gasteiger partial charge in [0.25, 0.3) is 0 Å². The Bertz CT molecular complexity index is 976. The lowest BCUT2D eigenvalue weighted by Gasteiger charge is -2.32. The molecule has 15 nitrogen and oxygen atoms in total. The second-order valence-corrected chi connectivity index (χ2v) is 12.9. The molecule has 0 aliphatic rings. The molecule has 5 N–H and O–H groups in total. The van der Waals surface area contributed by atoms with Crippen LogP contribution in [0.1, 0.15) is 67.7 Å². The van der Waals surface area contributed by atoms with Gasteiger partial charge in [-0.1, -0.05) is 34.6 Å². The molecule has 0 aliphatic carbocycles. The number of aliphatic carboxylic acids is 2. The number of ether oxygens (including phenoxy) is 4. The Kier molecular flexibility index (Phi) is 19.4. The Balaban J connectivity index is 3.97. The summed E-state index contributed by atoms with van der Waals surface area (Å²) in [6.45, 7) is 13.2. The van der Waals surface area contributed by atoms with E-state index in [4.69, 9.17) is 18.9 Å². The van der Waals surface area contributed by atoms with Crippen molar-refractivity contribution in [3.63, 3.8) is 0 Å². The zero-order valence-electron chi connectivity index (χ0n) is 27.7. The first-order chi connectivity index (χ1) is 20.8. The quantitative estimate of drug-likeness (QED) is 0.0869. The smallest absolute Gasteiger partial charge is 0.326 e. The fourth-order valence-corrected chi connectivity index (χ4v) is 3.80. The predicted octanol–water partition coefficient (Wildman–Crippen LogP) is 0.777. The van der Waals surface area contributed by atoms with Crippen LogP contribution in [0.5, 0.6) is 0 Å². The summed E-state index contributed by atoms with van der Waals surface area (Å²) in [6, 6.07) is -1.32. The molecule has 0 radical (unpaired) electrons. The molecule has 0 aliphatic heterocycles. The summed E-state index contributed by atoms with van der Waals surface area (Å²) in [5.74, 6) is -3.72. The SMILES string of the molecule is CC(C)(C)C(=O)COCCOCCNC(=O)COCCOCCNC(=O)CC[C@H](NC(=O)C(C)(C)CC(C)(C)C(=O)O)C(=O)O. The highest BCUT2D eigenvalue weighted by atomic mass is 16.5. The molecule has 0 saturated heterocycles. The third kappa shape index (κ3) is 19.8. The van der Waals surface area contributed by atoms with Gasteiger partial charge in [-0.25, -0.2) is 4.79 Å². The number of Topliss-reactive ketones (excluding diaryl/α,β-unsaturated/α-hetero) is 1. The second kappa shape index (κ2) is 20.8. The van der Waals surface area contributed by atoms with Crippen LogP contribution in [-0.4, -0.2) is 118 Å². The molecule has 15 heteroatoms. The van der Waals surface area contributed by atoms with Crippen molar-refractivity contribution >= 4 is 35.4 Å². The van der Waals surface area contributed by atoms with Crippen molar-refractivity contribution in [1.29, 1.82) is 0 Å². The van der Waals surface area contributed by atoms with E-state index in [0.717, 1.165) is 0 Å². The predicted molar refractivity (Wildman–Crippen MR) is 162 cm³/mol. The molecule has 0 aromatic carbocycles. The van der Waals surface area contributed by atoms with Crippen LogP contribution in [0.4, 0.5) is 0 Å². The zero-order chi connectivity index (χ0) is 34.7. The van der Waals surface area contributed by atoms with Crippen LogP contribution in [0, 0.1) is 16.2 Å². The summed E-state index contributed by atoms with van der Waals surface area (Å²) in [6.07, 6.45) is -0.320. The largest absolute Gasteiger partial charge is 0.481 e. The summed E-state index contributed by atoms with van der Waals surface area (Å²) in [5.41, 5.74) is -2.78. The standard InChI is InChI=1S/C30H53N3O12/c1-28(2,3)22(34)18-44-16-14-43-13-11-32-24(36)19-45-17-15-42-12-10-31-23(35)9-8-21(25(37)38)33-26(39)29(4,5)20-30(6,7)27(40)41/h21H,8-20H2,1-7H3,(H,31,35)(H,32,36)(H,33,39)(H,37,38)(H,40,41)/t21-/m0/s1. The Morgan fingerprint density at radius 1 is 0.644 bits per heavy atom. The third-order valence-corrected chi connectivity index (χ3v) is 6.53. The second-order valence-electron chi connectivity index (χ2n) is 12.9. The number of hydrogen-bond donors (Lipinski definition) is 5. The average Bonchev–Trinajstić information content (AvgIpc) is 2.92. The molecule has 1 atom stereocenters. The van der Waals surface area contributed by atoms with Gasteiger partial charge in [-0.05, 0) is 26.7 Å². The molecular weight excluding hydrogens is 594 g/mol. The Morgan fingerprint density at radius 2 is 1.13 bits per heavy atom. The van der Waals surface area contributed by atoms with E-state index >= 15 is 0 Å². The van der Waals surface area contributed by atoms with E-state index in [0.29, 0.717) is 13.2 Å². The first kappa shape index (κ1) is 41.9. The lowest BCUT2D eigenvalue weighted by atomic mass is 9.74. The lowest BCUT2D eigenvalue weighted by molar-refractivity contribution is -0.151. The van der Waals surface area contributed by atoms with Crippen molar-refractivity contribution in [3.05, 3.63) is 0 Å². The molecule has 45 heavy (non-hydrogen) atoms. The van der Waals surface area contributed by atoms with E-state index in [-0.39, 0.29) is 83.7 Å². The molecule has 0 unspecified atom stereocenters. The van der Waals surface area contributed by atoms with Crippen molar-refractivity contribution in [3.8, 4) is 0 Å². The Morgan fingerprint density at radius 3 is 1.62 bits per heavy atom. The molecule has 3 amide bonds. The van der Waals surface area contributed by atoms with Crippen molar-refractivity contribution in [2.75, 3.05) is 65.9 Å². The average molecular weight is 648 g/mol. The summed E-state index contributed by atoms with van der Waals surface area (Å²) < 4.78 is 21.2. The number of hydrogen-bond acceptors (Lipinski definition) is 10. The molecule has 0 heterocycles. The first-order valence-corrected chi connectivity index (χ1v) is 14.9. The molecule has 0 aromatic heterocycles. The van der Waals surface area contributed by atoms with Gasteiger partial charge in [-0.15, -0.1) is 0 Å². The van der Waals surface area contributed by atoms with Crippen LogP contribution in [0.2, 0.25) is 0 Å². The normalized spacial score (nSPS) is 12.7. The Hall–Kier alpha value is -3.14. The minimum absolute atomic E-state index is 0.0112. The highest BCUT2D eigenvalue weighted by molar-refractivity contribution is 5.88. The Labute approximate surface area is 265 Å². The van der Waals surface area contributed by atoms with E-state index in [2.05, 4.69) is 16.0 Å². The van der Waals surface area contributed by atoms with E-state index in [1.807, 2.05) is 20.8 Å². The fourth-order valence-electron chi connectivity index (χ4n) is 3.80. The molecule has 0 spiro atoms. The van der Waals surface area contributed by atoms with Gasteiger partial charge in [0.15, 0.2) is 5.78 Å². The van der Waals surface area contributed by atoms with Crippen molar-refractivity contribution in [2.45, 2.75) is 73.8 Å². The number of amides is 3. The highest BCUT2D eigenvalue weighted by Gasteiger charge is 2.40. The van der Waals surface area contributed by atoms with E-state index in [9.17, 15) is 39.0 Å². The van der Waals surface area contributed by atoms with E-state index in [1.165, 1.54) is 27.7 Å². The summed E-state index contributed by atoms with van der Waals surface area (Å²) in [5, 5.41) is 26.5. The maximum atomic E-state index is 12.7. The van der Waals surface area contributed by atoms with Gasteiger partial charge in [0, 0.05) is 30.3 Å². The van der Waals surface area contributed by atoms with Crippen LogP contribution in [0.3, 0.4) is 0 Å². The fraction of sp³-hybridized carbons (Fsp3) is 0.800. The van der Waals surface area contributed by atoms with Gasteiger partial charge in [0.2, 0.25) is 17.7 Å². The number of ketones is 1. The van der Waals surface area contributed by atoms with Crippen LogP contribution in [-0.2, 0) is 47.7 Å². The molecule has 0 bridgehead atoms. The van der Waals surface area contributed by atoms with Gasteiger partial charge in [0.05, 0.1) is 45.1 Å². The maximum absolute atomic E-state index is 12.7. The lowest BCUT2D eigenvalue weighted by Crippen LogP contribution is -2.48. The zero-order valence-corrected chi connectivity index (χ0v) is 27.7. The molecular formula is C30H53N3O12. The molecule has 0 fully saturated rings. The van der Waals surface area contributed by atoms with Gasteiger partial charge in [0.1, 0.15) is 19.3 Å². The third-order valence-electron chi connectivity index (χ3n) is 6.53. The van der Waals surface area contributed by atoms with Gasteiger partial charge >= 0.3 is 11.9 Å². The summed E-state index contributed by atoms with van der Waals surface area (Å²) in [4.78, 5) is 71.4. The number of carbonyl (C=O) groups is 6. The first-order valence-electron chi connectivity index (χ1n) is 14.9. The molecule has 0 aromatic rings. The molecule has 0 rings (SSSR count). The molecule has 0 saturated carbocycles. The maximum Gasteiger partial charge on any atom is 0.326 e. The van der Waals surface area contributed by atoms with Gasteiger partial charge in [-0.3, -0.25) is 24.0 Å². The monoisotopic (exact) mass is 647 g/mol. The number of carboxylic acids is 2. The van der Waals surface area contributed by atoms with Crippen LogP contribution in [0.25, 0.3) is 0 Å². The van der Waals surface area contributed by atoms with E-state index < -0.39 is 46.0 Å². The summed E-state index contributed by atoms with van der Waals surface area (Å²) in [7, 11) is 0. The van der Waals surface area contributed by atoms with Crippen molar-refractivity contribution < 1.29 is 57.9 Å².